The summed E-state index contributed by atoms with van der Waals surface area (Å²) in [6, 6.07) is 12.8. The average Bonchev–Trinajstić information content (AvgIpc) is 3.10. The summed E-state index contributed by atoms with van der Waals surface area (Å²) in [5.41, 5.74) is 1.12. The molecular weight excluding hydrogens is 274 g/mol. The highest BCUT2D eigenvalue weighted by Crippen LogP contribution is 2.39. The zero-order valence-corrected chi connectivity index (χ0v) is 12.4. The van der Waals surface area contributed by atoms with E-state index < -0.39 is 0 Å². The van der Waals surface area contributed by atoms with Gasteiger partial charge in [0.15, 0.2) is 0 Å². The summed E-state index contributed by atoms with van der Waals surface area (Å²) in [6.07, 6.45) is 5.39. The number of rotatable bonds is 4. The minimum atomic E-state index is 0.431. The van der Waals surface area contributed by atoms with Crippen molar-refractivity contribution in [3.05, 3.63) is 51.7 Å². The van der Waals surface area contributed by atoms with E-state index in [2.05, 4.69) is 28.9 Å². The minimum absolute atomic E-state index is 0.431. The normalized spacial score (nSPS) is 17.5. The van der Waals surface area contributed by atoms with E-state index in [4.69, 9.17) is 11.6 Å². The standard InChI is InChI=1S/C16H18ClNS/c17-13-7-3-8-14(11-13)18-16(12-5-1-2-6-12)15-9-4-10-19-15/h3-4,7-12,16,18H,1-2,5-6H2. The minimum Gasteiger partial charge on any atom is -0.377 e. The molecule has 0 bridgehead atoms. The molecule has 1 fully saturated rings. The summed E-state index contributed by atoms with van der Waals surface area (Å²) < 4.78 is 0. The van der Waals surface area contributed by atoms with Crippen molar-refractivity contribution in [3.63, 3.8) is 0 Å². The molecule has 1 N–H and O–H groups in total. The molecule has 1 atom stereocenters. The van der Waals surface area contributed by atoms with Crippen LogP contribution in [0.3, 0.4) is 0 Å². The van der Waals surface area contributed by atoms with Gasteiger partial charge in [-0.2, -0.15) is 0 Å². The maximum Gasteiger partial charge on any atom is 0.0634 e. The van der Waals surface area contributed by atoms with E-state index in [0.29, 0.717) is 6.04 Å². The Morgan fingerprint density at radius 3 is 2.68 bits per heavy atom. The topological polar surface area (TPSA) is 12.0 Å². The van der Waals surface area contributed by atoms with E-state index >= 15 is 0 Å². The quantitative estimate of drug-likeness (QED) is 0.757. The third-order valence-corrected chi connectivity index (χ3v) is 5.06. The molecular formula is C16H18ClNS. The highest BCUT2D eigenvalue weighted by Gasteiger charge is 2.26. The number of hydrogen-bond acceptors (Lipinski definition) is 2. The van der Waals surface area contributed by atoms with Crippen molar-refractivity contribution in [3.8, 4) is 0 Å². The van der Waals surface area contributed by atoms with Gasteiger partial charge in [0.25, 0.3) is 0 Å². The Hall–Kier alpha value is -0.990. The Labute approximate surface area is 123 Å². The van der Waals surface area contributed by atoms with E-state index in [1.165, 1.54) is 30.6 Å². The van der Waals surface area contributed by atoms with E-state index in [1.807, 2.05) is 29.5 Å². The highest BCUT2D eigenvalue weighted by atomic mass is 35.5. The molecule has 3 heteroatoms. The van der Waals surface area contributed by atoms with Gasteiger partial charge in [-0.3, -0.25) is 0 Å². The van der Waals surface area contributed by atoms with Crippen LogP contribution < -0.4 is 5.32 Å². The van der Waals surface area contributed by atoms with Crippen LogP contribution in [0.25, 0.3) is 0 Å². The summed E-state index contributed by atoms with van der Waals surface area (Å²) in [6.45, 7) is 0. The van der Waals surface area contributed by atoms with Crippen molar-refractivity contribution in [2.75, 3.05) is 5.32 Å². The fraction of sp³-hybridized carbons (Fsp3) is 0.375. The van der Waals surface area contributed by atoms with Gasteiger partial charge in [-0.1, -0.05) is 36.6 Å². The highest BCUT2D eigenvalue weighted by molar-refractivity contribution is 7.10. The second-order valence-corrected chi connectivity index (χ2v) is 6.61. The van der Waals surface area contributed by atoms with Gasteiger partial charge in [0.1, 0.15) is 0 Å². The first-order valence-corrected chi connectivity index (χ1v) is 8.14. The van der Waals surface area contributed by atoms with Crippen LogP contribution in [0.2, 0.25) is 5.02 Å². The van der Waals surface area contributed by atoms with E-state index in [0.717, 1.165) is 16.6 Å². The van der Waals surface area contributed by atoms with Crippen LogP contribution in [0.15, 0.2) is 41.8 Å². The summed E-state index contributed by atoms with van der Waals surface area (Å²) in [5, 5.41) is 6.65. The lowest BCUT2D eigenvalue weighted by atomic mass is 9.96. The summed E-state index contributed by atoms with van der Waals surface area (Å²) >= 11 is 7.92. The van der Waals surface area contributed by atoms with Crippen molar-refractivity contribution in [1.82, 2.24) is 0 Å². The average molecular weight is 292 g/mol. The molecule has 3 rings (SSSR count). The van der Waals surface area contributed by atoms with Gasteiger partial charge in [-0.15, -0.1) is 11.3 Å². The van der Waals surface area contributed by atoms with Gasteiger partial charge in [0, 0.05) is 15.6 Å². The molecule has 0 amide bonds. The van der Waals surface area contributed by atoms with Crippen LogP contribution >= 0.6 is 22.9 Å². The molecule has 1 heterocycles. The van der Waals surface area contributed by atoms with Crippen LogP contribution in [0.1, 0.15) is 36.6 Å². The molecule has 0 saturated heterocycles. The SMILES string of the molecule is Clc1cccc(NC(c2cccs2)C2CCCC2)c1. The van der Waals surface area contributed by atoms with Crippen molar-refractivity contribution >= 4 is 28.6 Å². The molecule has 2 aromatic rings. The molecule has 1 aromatic carbocycles. The maximum atomic E-state index is 6.08. The third kappa shape index (κ3) is 3.13. The molecule has 0 radical (unpaired) electrons. The van der Waals surface area contributed by atoms with Gasteiger partial charge >= 0.3 is 0 Å². The molecule has 0 spiro atoms. The fourth-order valence-corrected chi connectivity index (χ4v) is 4.00. The largest absolute Gasteiger partial charge is 0.377 e. The molecule has 1 aliphatic rings. The van der Waals surface area contributed by atoms with Crippen LogP contribution in [0.5, 0.6) is 0 Å². The van der Waals surface area contributed by atoms with Crippen molar-refractivity contribution in [2.45, 2.75) is 31.7 Å². The summed E-state index contributed by atoms with van der Waals surface area (Å²) in [4.78, 5) is 1.44. The molecule has 1 unspecified atom stereocenters. The number of hydrogen-bond donors (Lipinski definition) is 1. The lowest BCUT2D eigenvalue weighted by Crippen LogP contribution is -2.17. The number of thiophene rings is 1. The molecule has 0 aliphatic heterocycles. The van der Waals surface area contributed by atoms with Crippen LogP contribution in [0.4, 0.5) is 5.69 Å². The van der Waals surface area contributed by atoms with Crippen molar-refractivity contribution in [2.24, 2.45) is 5.92 Å². The fourth-order valence-electron chi connectivity index (χ4n) is 2.94. The predicted molar refractivity (Wildman–Crippen MR) is 84.1 cm³/mol. The van der Waals surface area contributed by atoms with Crippen LogP contribution in [-0.4, -0.2) is 0 Å². The number of halogens is 1. The van der Waals surface area contributed by atoms with Crippen LogP contribution in [0, 0.1) is 5.92 Å². The zero-order valence-electron chi connectivity index (χ0n) is 10.8. The van der Waals surface area contributed by atoms with Gasteiger partial charge < -0.3 is 5.32 Å². The number of anilines is 1. The smallest absolute Gasteiger partial charge is 0.0634 e. The second kappa shape index (κ2) is 5.98. The first-order chi connectivity index (χ1) is 9.33. The molecule has 1 saturated carbocycles. The monoisotopic (exact) mass is 291 g/mol. The predicted octanol–water partition coefficient (Wildman–Crippen LogP) is 5.74. The van der Waals surface area contributed by atoms with E-state index in [9.17, 15) is 0 Å². The number of benzene rings is 1. The van der Waals surface area contributed by atoms with Gasteiger partial charge in [0.05, 0.1) is 6.04 Å². The molecule has 1 aromatic heterocycles. The second-order valence-electron chi connectivity index (χ2n) is 5.19. The van der Waals surface area contributed by atoms with Gasteiger partial charge in [0.2, 0.25) is 0 Å². The Kier molecular flexibility index (Phi) is 4.09. The lowest BCUT2D eigenvalue weighted by molar-refractivity contribution is 0.475. The van der Waals surface area contributed by atoms with E-state index in [1.54, 1.807) is 0 Å². The first-order valence-electron chi connectivity index (χ1n) is 6.88. The molecule has 1 nitrogen and oxygen atoms in total. The maximum absolute atomic E-state index is 6.08. The zero-order chi connectivity index (χ0) is 13.1. The third-order valence-electron chi connectivity index (χ3n) is 3.87. The Morgan fingerprint density at radius 1 is 1.16 bits per heavy atom. The molecule has 1 aliphatic carbocycles. The Balaban J connectivity index is 1.83. The summed E-state index contributed by atoms with van der Waals surface area (Å²) in [7, 11) is 0. The van der Waals surface area contributed by atoms with Crippen molar-refractivity contribution in [1.29, 1.82) is 0 Å². The first kappa shape index (κ1) is 13.0. The van der Waals surface area contributed by atoms with Crippen LogP contribution in [-0.2, 0) is 0 Å². The van der Waals surface area contributed by atoms with Gasteiger partial charge in [-0.05, 0) is 48.4 Å². The summed E-state index contributed by atoms with van der Waals surface area (Å²) in [5.74, 6) is 0.748. The Bertz CT molecular complexity index is 517. The van der Waals surface area contributed by atoms with E-state index in [-0.39, 0.29) is 0 Å². The van der Waals surface area contributed by atoms with Gasteiger partial charge in [-0.25, -0.2) is 0 Å². The lowest BCUT2D eigenvalue weighted by Gasteiger charge is -2.25. The molecule has 19 heavy (non-hydrogen) atoms. The molecule has 100 valence electrons. The van der Waals surface area contributed by atoms with Crippen molar-refractivity contribution < 1.29 is 0 Å². The number of nitrogens with one attached hydrogen (secondary N) is 1. The Morgan fingerprint density at radius 2 is 2.00 bits per heavy atom.